The number of carbonyl (C=O) groups excluding carboxylic acids is 1. The van der Waals surface area contributed by atoms with Gasteiger partial charge in [0, 0.05) is 38.0 Å². The lowest BCUT2D eigenvalue weighted by atomic mass is 9.70. The quantitative estimate of drug-likeness (QED) is 0.387. The largest absolute Gasteiger partial charge is 0.385 e. The number of primary amides is 1. The first-order valence-electron chi connectivity index (χ1n) is 11.5. The number of carbonyl (C=O) groups is 1. The van der Waals surface area contributed by atoms with Crippen LogP contribution in [0.1, 0.15) is 34.9 Å². The van der Waals surface area contributed by atoms with Crippen molar-refractivity contribution in [1.29, 1.82) is 0 Å². The number of nitrogens with zero attached hydrogens (tertiary/aromatic N) is 5. The van der Waals surface area contributed by atoms with E-state index < -0.39 is 5.91 Å². The molecule has 2 aliphatic rings. The van der Waals surface area contributed by atoms with Crippen LogP contribution in [0.4, 0.5) is 17.2 Å². The number of hydrogen-bond acceptors (Lipinski definition) is 8. The van der Waals surface area contributed by atoms with Gasteiger partial charge in [-0.25, -0.2) is 14.5 Å². The number of pyridine rings is 2. The lowest BCUT2D eigenvalue weighted by molar-refractivity contribution is 0.00852. The molecule has 5 heterocycles. The minimum Gasteiger partial charge on any atom is -0.385 e. The van der Waals surface area contributed by atoms with Gasteiger partial charge in [0.2, 0.25) is 0 Å². The summed E-state index contributed by atoms with van der Waals surface area (Å²) >= 11 is 0. The normalized spacial score (nSPS) is 20.9. The van der Waals surface area contributed by atoms with Gasteiger partial charge in [0.1, 0.15) is 11.5 Å². The molecule has 0 bridgehead atoms. The van der Waals surface area contributed by atoms with E-state index in [4.69, 9.17) is 15.5 Å². The van der Waals surface area contributed by atoms with Gasteiger partial charge < -0.3 is 21.1 Å². The monoisotopic (exact) mass is 472 g/mol. The molecule has 0 radical (unpaired) electrons. The van der Waals surface area contributed by atoms with Crippen LogP contribution in [-0.2, 0) is 4.74 Å². The SMILES string of the molecule is CNc1cc(Nc2cccn(-c3ccccn3)c2=O)nn2c(C(N)=O)c([C@H]3C[C@H]4CCO[C@H]43)nc12. The predicted molar refractivity (Wildman–Crippen MR) is 129 cm³/mol. The van der Waals surface area contributed by atoms with Crippen molar-refractivity contribution in [3.05, 3.63) is 70.5 Å². The van der Waals surface area contributed by atoms with Crippen molar-refractivity contribution in [2.24, 2.45) is 11.7 Å². The summed E-state index contributed by atoms with van der Waals surface area (Å²) in [6, 6.07) is 10.5. The van der Waals surface area contributed by atoms with Gasteiger partial charge in [-0.3, -0.25) is 14.2 Å². The van der Waals surface area contributed by atoms with Crippen LogP contribution in [0.2, 0.25) is 0 Å². The van der Waals surface area contributed by atoms with Crippen LogP contribution in [0.15, 0.2) is 53.6 Å². The molecule has 0 aromatic carbocycles. The maximum Gasteiger partial charge on any atom is 0.279 e. The zero-order chi connectivity index (χ0) is 24.1. The molecule has 11 heteroatoms. The van der Waals surface area contributed by atoms with Gasteiger partial charge in [-0.15, -0.1) is 5.10 Å². The van der Waals surface area contributed by atoms with Crippen LogP contribution in [0, 0.1) is 5.92 Å². The molecule has 4 aromatic rings. The average Bonchev–Trinajstić information content (AvgIpc) is 3.41. The molecule has 1 aliphatic carbocycles. The molecule has 6 rings (SSSR count). The van der Waals surface area contributed by atoms with Gasteiger partial charge >= 0.3 is 0 Å². The van der Waals surface area contributed by atoms with Crippen molar-refractivity contribution < 1.29 is 9.53 Å². The number of fused-ring (bicyclic) bond motifs is 2. The number of nitrogens with two attached hydrogens (primary N) is 1. The Morgan fingerprint density at radius 2 is 2.11 bits per heavy atom. The van der Waals surface area contributed by atoms with Gasteiger partial charge in [-0.05, 0) is 43.0 Å². The second-order valence-corrected chi connectivity index (χ2v) is 8.77. The molecular formula is C24H24N8O3. The van der Waals surface area contributed by atoms with Crippen LogP contribution in [0.5, 0.6) is 0 Å². The Labute approximate surface area is 200 Å². The first-order valence-corrected chi connectivity index (χ1v) is 11.5. The van der Waals surface area contributed by atoms with Gasteiger partial charge in [0.25, 0.3) is 11.5 Å². The summed E-state index contributed by atoms with van der Waals surface area (Å²) in [6.45, 7) is 0.728. The van der Waals surface area contributed by atoms with Crippen LogP contribution in [0.3, 0.4) is 0 Å². The summed E-state index contributed by atoms with van der Waals surface area (Å²) in [7, 11) is 1.76. The molecule has 2 fully saturated rings. The van der Waals surface area contributed by atoms with Crippen molar-refractivity contribution in [1.82, 2.24) is 24.1 Å². The molecule has 1 amide bonds. The minimum atomic E-state index is -0.613. The summed E-state index contributed by atoms with van der Waals surface area (Å²) in [6.07, 6.45) is 5.27. The number of imidazole rings is 1. The number of anilines is 3. The fraction of sp³-hybridized carbons (Fsp3) is 0.292. The van der Waals surface area contributed by atoms with Crippen LogP contribution in [-0.4, -0.2) is 49.8 Å². The summed E-state index contributed by atoms with van der Waals surface area (Å²) in [5.74, 6) is 0.751. The molecule has 3 atom stereocenters. The van der Waals surface area contributed by atoms with Crippen molar-refractivity contribution in [3.63, 3.8) is 0 Å². The first-order chi connectivity index (χ1) is 17.0. The Kier molecular flexibility index (Phi) is 4.99. The molecule has 11 nitrogen and oxygen atoms in total. The molecule has 0 spiro atoms. The second-order valence-electron chi connectivity index (χ2n) is 8.77. The zero-order valence-electron chi connectivity index (χ0n) is 19.0. The van der Waals surface area contributed by atoms with E-state index >= 15 is 0 Å². The lowest BCUT2D eigenvalue weighted by Crippen LogP contribution is -2.38. The number of rotatable bonds is 6. The highest BCUT2D eigenvalue weighted by atomic mass is 16.5. The number of hydrogen-bond donors (Lipinski definition) is 3. The second kappa shape index (κ2) is 8.20. The third kappa shape index (κ3) is 3.43. The summed E-state index contributed by atoms with van der Waals surface area (Å²) in [4.78, 5) is 34.7. The van der Waals surface area contributed by atoms with Gasteiger partial charge in [0.15, 0.2) is 17.2 Å². The number of ether oxygens (including phenoxy) is 1. The molecule has 0 unspecified atom stereocenters. The van der Waals surface area contributed by atoms with Crippen LogP contribution >= 0.6 is 0 Å². The minimum absolute atomic E-state index is 0.00696. The molecular weight excluding hydrogens is 448 g/mol. The van der Waals surface area contributed by atoms with Crippen LogP contribution < -0.4 is 21.9 Å². The van der Waals surface area contributed by atoms with E-state index in [0.29, 0.717) is 40.3 Å². The topological polar surface area (TPSA) is 141 Å². The molecule has 178 valence electrons. The van der Waals surface area contributed by atoms with Crippen LogP contribution in [0.25, 0.3) is 11.5 Å². The van der Waals surface area contributed by atoms with Crippen molar-refractivity contribution >= 4 is 28.7 Å². The smallest absolute Gasteiger partial charge is 0.279 e. The summed E-state index contributed by atoms with van der Waals surface area (Å²) in [5, 5.41) is 10.8. The van der Waals surface area contributed by atoms with Crippen molar-refractivity contribution in [3.8, 4) is 5.82 Å². The van der Waals surface area contributed by atoms with E-state index in [0.717, 1.165) is 19.4 Å². The highest BCUT2D eigenvalue weighted by Crippen LogP contribution is 2.49. The third-order valence-corrected chi connectivity index (χ3v) is 6.79. The number of aromatic nitrogens is 5. The van der Waals surface area contributed by atoms with E-state index in [9.17, 15) is 9.59 Å². The predicted octanol–water partition coefficient (Wildman–Crippen LogP) is 2.05. The standard InChI is InChI=1S/C24H24N8O3/c1-26-16-12-17(28-15-5-4-9-31(24(15)34)18-6-2-3-8-27-18)30-32-20(22(25)33)19(29-23(16)32)14-11-13-7-10-35-21(13)14/h2-6,8-9,12-14,21,26H,7,10-11H2,1H3,(H2,25,33)(H,28,30)/t13-,14-,21-/m1/s1. The Morgan fingerprint density at radius 3 is 2.86 bits per heavy atom. The average molecular weight is 473 g/mol. The Morgan fingerprint density at radius 1 is 1.23 bits per heavy atom. The fourth-order valence-corrected chi connectivity index (χ4v) is 5.06. The molecule has 1 saturated heterocycles. The molecule has 35 heavy (non-hydrogen) atoms. The number of nitrogens with one attached hydrogen (secondary N) is 2. The van der Waals surface area contributed by atoms with Crippen molar-refractivity contribution in [2.75, 3.05) is 24.3 Å². The highest BCUT2D eigenvalue weighted by Gasteiger charge is 2.48. The zero-order valence-corrected chi connectivity index (χ0v) is 19.0. The van der Waals surface area contributed by atoms with E-state index in [1.54, 1.807) is 49.8 Å². The van der Waals surface area contributed by atoms with E-state index in [2.05, 4.69) is 20.7 Å². The summed E-state index contributed by atoms with van der Waals surface area (Å²) in [5.41, 5.74) is 7.78. The lowest BCUT2D eigenvalue weighted by Gasteiger charge is -2.38. The van der Waals surface area contributed by atoms with Gasteiger partial charge in [0.05, 0.1) is 17.5 Å². The summed E-state index contributed by atoms with van der Waals surface area (Å²) < 4.78 is 8.77. The third-order valence-electron chi connectivity index (χ3n) is 6.79. The Bertz CT molecular complexity index is 1500. The maximum atomic E-state index is 13.1. The van der Waals surface area contributed by atoms with Crippen molar-refractivity contribution in [2.45, 2.75) is 24.9 Å². The maximum absolute atomic E-state index is 13.1. The van der Waals surface area contributed by atoms with E-state index in [-0.39, 0.29) is 23.3 Å². The molecule has 4 aromatic heterocycles. The van der Waals surface area contributed by atoms with Gasteiger partial charge in [-0.2, -0.15) is 0 Å². The Balaban J connectivity index is 1.43. The van der Waals surface area contributed by atoms with Gasteiger partial charge in [-0.1, -0.05) is 6.07 Å². The first kappa shape index (κ1) is 21.3. The molecule has 4 N–H and O–H groups in total. The van der Waals surface area contributed by atoms with E-state index in [1.807, 2.05) is 6.07 Å². The van der Waals surface area contributed by atoms with E-state index in [1.165, 1.54) is 9.08 Å². The molecule has 1 saturated carbocycles. The fourth-order valence-electron chi connectivity index (χ4n) is 5.06. The Hall–Kier alpha value is -4.25. The molecule has 1 aliphatic heterocycles. The number of amides is 1. The highest BCUT2D eigenvalue weighted by molar-refractivity contribution is 5.94.